The van der Waals surface area contributed by atoms with Gasteiger partial charge in [-0.3, -0.25) is 9.59 Å². The third-order valence-corrected chi connectivity index (χ3v) is 6.42. The molecule has 3 aromatic carbocycles. The maximum Gasteiger partial charge on any atom is 0.435 e. The Morgan fingerprint density at radius 3 is 1.82 bits per heavy atom. The average molecular weight is 651 g/mol. The van der Waals surface area contributed by atoms with Crippen LogP contribution in [0.4, 0.5) is 55.3 Å². The Morgan fingerprint density at radius 1 is 0.795 bits per heavy atom. The lowest BCUT2D eigenvalue weighted by Gasteiger charge is -2.31. The molecular weight excluding hydrogens is 638 g/mol. The fourth-order valence-corrected chi connectivity index (χ4v) is 4.13. The van der Waals surface area contributed by atoms with Gasteiger partial charge in [0.25, 0.3) is 11.8 Å². The van der Waals surface area contributed by atoms with Gasteiger partial charge in [0.1, 0.15) is 6.07 Å². The van der Waals surface area contributed by atoms with Crippen LogP contribution in [0.15, 0.2) is 54.6 Å². The molecule has 0 aromatic heterocycles. The van der Waals surface area contributed by atoms with Crippen molar-refractivity contribution in [3.8, 4) is 12.1 Å². The van der Waals surface area contributed by atoms with Gasteiger partial charge in [0.15, 0.2) is 0 Å². The number of hydrogen-bond acceptors (Lipinski definition) is 4. The summed E-state index contributed by atoms with van der Waals surface area (Å²) in [6.07, 6.45) is -19.2. The number of anilines is 2. The minimum atomic E-state index is -6.75. The molecule has 0 saturated carbocycles. The van der Waals surface area contributed by atoms with E-state index in [1.54, 1.807) is 11.4 Å². The standard InChI is InChI=1S/C27H13ClF10N4O2/c1-42(23(44)14-4-2-13(11-39)3-5-14)20-8-15(6-7-16(20)12-40)22(43)41-21-18(25(30,31)32)9-17(10-19(21)28)24(29,26(33,34)35)27(36,37)38/h2-10H,1H3,(H,41,43). The summed E-state index contributed by atoms with van der Waals surface area (Å²) in [5, 5.41) is 18.5. The normalized spacial score (nSPS) is 12.2. The molecular formula is C27H13ClF10N4O2. The van der Waals surface area contributed by atoms with E-state index in [0.717, 1.165) is 23.1 Å². The van der Waals surface area contributed by atoms with Gasteiger partial charge in [0.2, 0.25) is 0 Å². The van der Waals surface area contributed by atoms with Crippen LogP contribution in [0, 0.1) is 22.7 Å². The summed E-state index contributed by atoms with van der Waals surface area (Å²) >= 11 is 5.61. The third-order valence-electron chi connectivity index (χ3n) is 6.12. The molecule has 230 valence electrons. The van der Waals surface area contributed by atoms with Crippen LogP contribution in [0.25, 0.3) is 0 Å². The van der Waals surface area contributed by atoms with Crippen molar-refractivity contribution in [2.45, 2.75) is 24.2 Å². The highest BCUT2D eigenvalue weighted by molar-refractivity contribution is 6.34. The first-order valence-electron chi connectivity index (χ1n) is 11.5. The van der Waals surface area contributed by atoms with Crippen LogP contribution in [0.3, 0.4) is 0 Å². The molecule has 3 aromatic rings. The highest BCUT2D eigenvalue weighted by Crippen LogP contribution is 2.55. The predicted molar refractivity (Wildman–Crippen MR) is 134 cm³/mol. The second-order valence-corrected chi connectivity index (χ2v) is 9.29. The molecule has 0 fully saturated rings. The van der Waals surface area contributed by atoms with E-state index in [2.05, 4.69) is 0 Å². The van der Waals surface area contributed by atoms with Crippen molar-refractivity contribution in [3.05, 3.63) is 93.0 Å². The van der Waals surface area contributed by atoms with Crippen LogP contribution in [-0.2, 0) is 11.8 Å². The number of carbonyl (C=O) groups is 2. The average Bonchev–Trinajstić information content (AvgIpc) is 2.94. The van der Waals surface area contributed by atoms with Gasteiger partial charge >= 0.3 is 24.2 Å². The number of alkyl halides is 10. The van der Waals surface area contributed by atoms with Gasteiger partial charge < -0.3 is 10.2 Å². The Kier molecular flexibility index (Phi) is 8.94. The molecule has 6 nitrogen and oxygen atoms in total. The highest BCUT2D eigenvalue weighted by atomic mass is 35.5. The van der Waals surface area contributed by atoms with Gasteiger partial charge in [-0.25, -0.2) is 4.39 Å². The first-order valence-corrected chi connectivity index (χ1v) is 11.9. The van der Waals surface area contributed by atoms with Gasteiger partial charge in [-0.15, -0.1) is 0 Å². The summed E-state index contributed by atoms with van der Waals surface area (Å²) in [4.78, 5) is 26.8. The molecule has 0 unspecified atom stereocenters. The van der Waals surface area contributed by atoms with Gasteiger partial charge in [-0.2, -0.15) is 50.0 Å². The molecule has 17 heteroatoms. The zero-order chi connectivity index (χ0) is 33.4. The van der Waals surface area contributed by atoms with Gasteiger partial charge in [0, 0.05) is 23.7 Å². The molecule has 1 N–H and O–H groups in total. The van der Waals surface area contributed by atoms with Gasteiger partial charge in [-0.1, -0.05) is 11.6 Å². The maximum absolute atomic E-state index is 14.5. The molecule has 3 rings (SSSR count). The van der Waals surface area contributed by atoms with E-state index in [1.165, 1.54) is 31.3 Å². The van der Waals surface area contributed by atoms with Crippen molar-refractivity contribution >= 4 is 34.8 Å². The molecule has 0 aliphatic carbocycles. The summed E-state index contributed by atoms with van der Waals surface area (Å²) in [6, 6.07) is 10.5. The van der Waals surface area contributed by atoms with E-state index in [-0.39, 0.29) is 28.4 Å². The Labute approximate surface area is 245 Å². The molecule has 0 atom stereocenters. The Balaban J connectivity index is 2.08. The van der Waals surface area contributed by atoms with Gasteiger partial charge in [0.05, 0.1) is 39.2 Å². The number of nitrogens with zero attached hydrogens (tertiary/aromatic N) is 3. The van der Waals surface area contributed by atoms with E-state index < -0.39 is 69.5 Å². The van der Waals surface area contributed by atoms with Crippen molar-refractivity contribution in [2.24, 2.45) is 0 Å². The largest absolute Gasteiger partial charge is 0.435 e. The Hall–Kier alpha value is -4.83. The number of amides is 2. The van der Waals surface area contributed by atoms with Crippen LogP contribution >= 0.6 is 11.6 Å². The number of hydrogen-bond donors (Lipinski definition) is 1. The molecule has 0 saturated heterocycles. The lowest BCUT2D eigenvalue weighted by Crippen LogP contribution is -2.50. The Morgan fingerprint density at radius 2 is 1.34 bits per heavy atom. The maximum atomic E-state index is 14.5. The lowest BCUT2D eigenvalue weighted by atomic mass is 9.91. The quantitative estimate of drug-likeness (QED) is 0.284. The number of halogens is 11. The van der Waals surface area contributed by atoms with Crippen LogP contribution in [-0.4, -0.2) is 31.2 Å². The van der Waals surface area contributed by atoms with Crippen molar-refractivity contribution in [1.29, 1.82) is 10.5 Å². The Bertz CT molecular complexity index is 1690. The van der Waals surface area contributed by atoms with Gasteiger partial charge in [-0.05, 0) is 54.6 Å². The predicted octanol–water partition coefficient (Wildman–Crippen LogP) is 7.92. The van der Waals surface area contributed by atoms with E-state index in [0.29, 0.717) is 0 Å². The highest BCUT2D eigenvalue weighted by Gasteiger charge is 2.73. The molecule has 0 radical (unpaired) electrons. The summed E-state index contributed by atoms with van der Waals surface area (Å²) in [5.41, 5.74) is -13.3. The zero-order valence-corrected chi connectivity index (χ0v) is 22.3. The van der Waals surface area contributed by atoms with Crippen molar-refractivity contribution < 1.29 is 53.5 Å². The number of benzene rings is 3. The summed E-state index contributed by atoms with van der Waals surface area (Å²) in [5.74, 6) is -2.20. The topological polar surface area (TPSA) is 97.0 Å². The third kappa shape index (κ3) is 6.26. The molecule has 2 amide bonds. The number of rotatable bonds is 5. The van der Waals surface area contributed by atoms with Crippen LogP contribution in [0.5, 0.6) is 0 Å². The van der Waals surface area contributed by atoms with Crippen molar-refractivity contribution in [3.63, 3.8) is 0 Å². The minimum Gasteiger partial charge on any atom is -0.320 e. The van der Waals surface area contributed by atoms with Crippen molar-refractivity contribution in [2.75, 3.05) is 17.3 Å². The zero-order valence-electron chi connectivity index (χ0n) is 21.5. The molecule has 44 heavy (non-hydrogen) atoms. The summed E-state index contributed by atoms with van der Waals surface area (Å²) in [7, 11) is 1.18. The van der Waals surface area contributed by atoms with Crippen molar-refractivity contribution in [1.82, 2.24) is 0 Å². The van der Waals surface area contributed by atoms with Crippen LogP contribution in [0.2, 0.25) is 5.02 Å². The van der Waals surface area contributed by atoms with E-state index in [9.17, 15) is 58.8 Å². The van der Waals surface area contributed by atoms with E-state index >= 15 is 0 Å². The van der Waals surface area contributed by atoms with E-state index in [1.807, 2.05) is 6.07 Å². The second kappa shape index (κ2) is 11.7. The molecule has 0 aliphatic heterocycles. The SMILES string of the molecule is CN(C(=O)c1ccc(C#N)cc1)c1cc(C(=O)Nc2c(Cl)cc(C(F)(C(F)(F)F)C(F)(F)F)cc2C(F)(F)F)ccc1C#N. The minimum absolute atomic E-state index is 0.0357. The number of nitriles is 2. The lowest BCUT2D eigenvalue weighted by molar-refractivity contribution is -0.348. The van der Waals surface area contributed by atoms with E-state index in [4.69, 9.17) is 16.9 Å². The van der Waals surface area contributed by atoms with Crippen LogP contribution < -0.4 is 10.2 Å². The monoisotopic (exact) mass is 650 g/mol. The number of carbonyl (C=O) groups excluding carboxylic acids is 2. The number of nitrogens with one attached hydrogen (secondary N) is 1. The van der Waals surface area contributed by atoms with Crippen LogP contribution in [0.1, 0.15) is 43.0 Å². The first-order chi connectivity index (χ1) is 20.2. The summed E-state index contributed by atoms with van der Waals surface area (Å²) < 4.78 is 135. The second-order valence-electron chi connectivity index (χ2n) is 8.88. The summed E-state index contributed by atoms with van der Waals surface area (Å²) in [6.45, 7) is 0. The first kappa shape index (κ1) is 33.7. The molecule has 0 bridgehead atoms. The molecule has 0 spiro atoms. The molecule has 0 heterocycles. The molecule has 0 aliphatic rings. The fraction of sp³-hybridized carbons (Fsp3) is 0.185. The fourth-order valence-electron chi connectivity index (χ4n) is 3.87. The smallest absolute Gasteiger partial charge is 0.320 e.